The van der Waals surface area contributed by atoms with Gasteiger partial charge >= 0.3 is 0 Å². The smallest absolute Gasteiger partial charge is 0.0860 e. The van der Waals surface area contributed by atoms with Crippen LogP contribution in [-0.4, -0.2) is 16.3 Å². The minimum Gasteiger partial charge on any atom is -0.311 e. The first-order valence-corrected chi connectivity index (χ1v) is 7.69. The van der Waals surface area contributed by atoms with Crippen LogP contribution in [0, 0.1) is 6.92 Å². The monoisotopic (exact) mass is 347 g/mol. The third-order valence-electron chi connectivity index (χ3n) is 2.73. The van der Waals surface area contributed by atoms with Crippen LogP contribution in [0.15, 0.2) is 15.9 Å². The van der Waals surface area contributed by atoms with Gasteiger partial charge in [0.2, 0.25) is 0 Å². The van der Waals surface area contributed by atoms with Crippen LogP contribution in [0.3, 0.4) is 0 Å². The molecule has 0 saturated carbocycles. The summed E-state index contributed by atoms with van der Waals surface area (Å²) in [5.41, 5.74) is 1.93. The fraction of sp³-hybridized carbons (Fsp3) is 0.417. The number of halogens is 2. The van der Waals surface area contributed by atoms with E-state index in [0.717, 1.165) is 35.9 Å². The van der Waals surface area contributed by atoms with E-state index in [0.29, 0.717) is 0 Å². The molecule has 0 aliphatic rings. The maximum absolute atomic E-state index is 6.19. The Morgan fingerprint density at radius 1 is 1.50 bits per heavy atom. The van der Waals surface area contributed by atoms with Crippen molar-refractivity contribution in [2.24, 2.45) is 7.05 Å². The van der Waals surface area contributed by atoms with Gasteiger partial charge in [-0.15, -0.1) is 11.3 Å². The third-order valence-corrected chi connectivity index (χ3v) is 4.91. The zero-order chi connectivity index (χ0) is 13.1. The van der Waals surface area contributed by atoms with Crippen molar-refractivity contribution >= 4 is 38.9 Å². The molecule has 18 heavy (non-hydrogen) atoms. The van der Waals surface area contributed by atoms with Gasteiger partial charge in [0, 0.05) is 25.0 Å². The zero-order valence-corrected chi connectivity index (χ0v) is 13.5. The highest BCUT2D eigenvalue weighted by molar-refractivity contribution is 9.11. The van der Waals surface area contributed by atoms with Gasteiger partial charge in [-0.1, -0.05) is 11.6 Å². The number of hydrogen-bond acceptors (Lipinski definition) is 3. The minimum atomic E-state index is 0.753. The van der Waals surface area contributed by atoms with Gasteiger partial charge in [-0.3, -0.25) is 4.68 Å². The molecular weight excluding hydrogens is 334 g/mol. The molecule has 0 radical (unpaired) electrons. The van der Waals surface area contributed by atoms with Crippen LogP contribution in [-0.2, 0) is 20.0 Å². The lowest BCUT2D eigenvalue weighted by molar-refractivity contribution is 0.626. The van der Waals surface area contributed by atoms with E-state index in [1.54, 1.807) is 11.3 Å². The molecule has 0 saturated heterocycles. The summed E-state index contributed by atoms with van der Waals surface area (Å²) in [5, 5.41) is 8.46. The average Bonchev–Trinajstić information content (AvgIpc) is 2.82. The van der Waals surface area contributed by atoms with Crippen molar-refractivity contribution in [1.29, 1.82) is 0 Å². The molecule has 2 rings (SSSR count). The normalized spacial score (nSPS) is 11.1. The van der Waals surface area contributed by atoms with Crippen LogP contribution in [0.5, 0.6) is 0 Å². The Morgan fingerprint density at radius 3 is 2.83 bits per heavy atom. The molecule has 2 aromatic rings. The number of aromatic nitrogens is 2. The van der Waals surface area contributed by atoms with E-state index in [1.165, 1.54) is 8.66 Å². The van der Waals surface area contributed by atoms with Gasteiger partial charge in [-0.2, -0.15) is 5.10 Å². The van der Waals surface area contributed by atoms with E-state index in [4.69, 9.17) is 11.6 Å². The summed E-state index contributed by atoms with van der Waals surface area (Å²) < 4.78 is 3.02. The molecule has 0 spiro atoms. The van der Waals surface area contributed by atoms with E-state index in [1.807, 2.05) is 18.7 Å². The van der Waals surface area contributed by atoms with Crippen molar-refractivity contribution < 1.29 is 0 Å². The second-order valence-corrected chi connectivity index (χ2v) is 7.03. The lowest BCUT2D eigenvalue weighted by Gasteiger charge is -2.05. The standard InChI is InChI=1S/C12H15BrClN3S/c1-8-12(14)10(17(2)16-8)7-15-6-5-9-3-4-11(13)18-9/h3-4,15H,5-7H2,1-2H3. The number of hydrogen-bond donors (Lipinski definition) is 1. The second kappa shape index (κ2) is 6.19. The summed E-state index contributed by atoms with van der Waals surface area (Å²) in [4.78, 5) is 1.38. The number of thiophene rings is 1. The Morgan fingerprint density at radius 2 is 2.28 bits per heavy atom. The maximum atomic E-state index is 6.19. The Kier molecular flexibility index (Phi) is 4.84. The van der Waals surface area contributed by atoms with Crippen molar-refractivity contribution in [1.82, 2.24) is 15.1 Å². The number of rotatable bonds is 5. The average molecular weight is 349 g/mol. The van der Waals surface area contributed by atoms with Crippen molar-refractivity contribution in [3.8, 4) is 0 Å². The molecule has 0 unspecified atom stereocenters. The summed E-state index contributed by atoms with van der Waals surface area (Å²) in [7, 11) is 1.92. The van der Waals surface area contributed by atoms with Crippen LogP contribution in [0.2, 0.25) is 5.02 Å². The van der Waals surface area contributed by atoms with Crippen molar-refractivity contribution in [3.63, 3.8) is 0 Å². The Bertz CT molecular complexity index is 535. The second-order valence-electron chi connectivity index (χ2n) is 4.10. The van der Waals surface area contributed by atoms with Crippen LogP contribution in [0.4, 0.5) is 0 Å². The summed E-state index contributed by atoms with van der Waals surface area (Å²) >= 11 is 11.4. The quantitative estimate of drug-likeness (QED) is 0.838. The highest BCUT2D eigenvalue weighted by Gasteiger charge is 2.10. The molecule has 0 atom stereocenters. The number of aryl methyl sites for hydroxylation is 2. The highest BCUT2D eigenvalue weighted by Crippen LogP contribution is 2.22. The van der Waals surface area contributed by atoms with Crippen molar-refractivity contribution in [3.05, 3.63) is 37.2 Å². The van der Waals surface area contributed by atoms with Crippen LogP contribution < -0.4 is 5.32 Å². The van der Waals surface area contributed by atoms with Gasteiger partial charge in [0.15, 0.2) is 0 Å². The zero-order valence-electron chi connectivity index (χ0n) is 10.3. The Hall–Kier alpha value is -0.360. The van der Waals surface area contributed by atoms with Gasteiger partial charge in [0.25, 0.3) is 0 Å². The first kappa shape index (κ1) is 14.1. The fourth-order valence-corrected chi connectivity index (χ4v) is 3.49. The molecule has 0 bridgehead atoms. The summed E-state index contributed by atoms with van der Waals surface area (Å²) in [6, 6.07) is 4.24. The van der Waals surface area contributed by atoms with Gasteiger partial charge in [0.05, 0.1) is 20.2 Å². The molecular formula is C12H15BrClN3S. The SMILES string of the molecule is Cc1nn(C)c(CNCCc2ccc(Br)s2)c1Cl. The van der Waals surface area contributed by atoms with Gasteiger partial charge in [-0.05, 0) is 41.4 Å². The molecule has 0 aliphatic heterocycles. The predicted molar refractivity (Wildman–Crippen MR) is 80.4 cm³/mol. The van der Waals surface area contributed by atoms with E-state index >= 15 is 0 Å². The molecule has 0 aromatic carbocycles. The van der Waals surface area contributed by atoms with E-state index in [2.05, 4.69) is 38.5 Å². The van der Waals surface area contributed by atoms with Gasteiger partial charge in [-0.25, -0.2) is 0 Å². The van der Waals surface area contributed by atoms with E-state index < -0.39 is 0 Å². The Balaban J connectivity index is 1.82. The van der Waals surface area contributed by atoms with E-state index in [-0.39, 0.29) is 0 Å². The summed E-state index contributed by atoms with van der Waals surface area (Å²) in [6.07, 6.45) is 1.03. The molecule has 6 heteroatoms. The van der Waals surface area contributed by atoms with Gasteiger partial charge in [0.1, 0.15) is 0 Å². The summed E-state index contributed by atoms with van der Waals surface area (Å²) in [6.45, 7) is 3.62. The number of nitrogens with one attached hydrogen (secondary N) is 1. The van der Waals surface area contributed by atoms with Crippen LogP contribution in [0.25, 0.3) is 0 Å². The third kappa shape index (κ3) is 3.35. The van der Waals surface area contributed by atoms with E-state index in [9.17, 15) is 0 Å². The van der Waals surface area contributed by atoms with Crippen molar-refractivity contribution in [2.75, 3.05) is 6.54 Å². The summed E-state index contributed by atoms with van der Waals surface area (Å²) in [5.74, 6) is 0. The lowest BCUT2D eigenvalue weighted by atomic mass is 10.3. The fourth-order valence-electron chi connectivity index (χ4n) is 1.78. The van der Waals surface area contributed by atoms with Crippen LogP contribution in [0.1, 0.15) is 16.3 Å². The molecule has 0 aliphatic carbocycles. The first-order valence-electron chi connectivity index (χ1n) is 5.71. The largest absolute Gasteiger partial charge is 0.311 e. The Labute approximate surface area is 124 Å². The molecule has 0 amide bonds. The van der Waals surface area contributed by atoms with Crippen molar-refractivity contribution in [2.45, 2.75) is 19.9 Å². The number of nitrogens with zero attached hydrogens (tertiary/aromatic N) is 2. The van der Waals surface area contributed by atoms with Gasteiger partial charge < -0.3 is 5.32 Å². The molecule has 3 nitrogen and oxygen atoms in total. The molecule has 98 valence electrons. The minimum absolute atomic E-state index is 0.753. The predicted octanol–water partition coefficient (Wildman–Crippen LogP) is 3.54. The maximum Gasteiger partial charge on any atom is 0.0860 e. The van der Waals surface area contributed by atoms with Crippen LogP contribution >= 0.6 is 38.9 Å². The highest BCUT2D eigenvalue weighted by atomic mass is 79.9. The molecule has 2 aromatic heterocycles. The first-order chi connectivity index (χ1) is 8.58. The topological polar surface area (TPSA) is 29.9 Å². The molecule has 1 N–H and O–H groups in total. The molecule has 2 heterocycles. The lowest BCUT2D eigenvalue weighted by Crippen LogP contribution is -2.18. The molecule has 0 fully saturated rings.